The summed E-state index contributed by atoms with van der Waals surface area (Å²) >= 11 is 3.37. The van der Waals surface area contributed by atoms with Gasteiger partial charge >= 0.3 is 0 Å². The largest absolute Gasteiger partial charge is 0.310 e. The predicted molar refractivity (Wildman–Crippen MR) is 69.0 cm³/mol. The van der Waals surface area contributed by atoms with Gasteiger partial charge in [-0.05, 0) is 64.9 Å². The first-order valence-electron chi connectivity index (χ1n) is 5.89. The van der Waals surface area contributed by atoms with E-state index in [4.69, 9.17) is 0 Å². The van der Waals surface area contributed by atoms with E-state index in [1.54, 1.807) is 0 Å². The van der Waals surface area contributed by atoms with Crippen LogP contribution in [0.4, 0.5) is 0 Å². The number of nitrogens with zero attached hydrogens (tertiary/aromatic N) is 1. The van der Waals surface area contributed by atoms with Crippen LogP contribution in [0.3, 0.4) is 0 Å². The number of rotatable bonds is 1. The zero-order valence-electron chi connectivity index (χ0n) is 9.12. The molecule has 0 unspecified atom stereocenters. The fourth-order valence-corrected chi connectivity index (χ4v) is 2.98. The Labute approximate surface area is 104 Å². The summed E-state index contributed by atoms with van der Waals surface area (Å²) in [5.74, 6) is 0.868. The van der Waals surface area contributed by atoms with E-state index in [0.29, 0.717) is 6.04 Å². The number of nitrogens with one attached hydrogen (secondary N) is 1. The van der Waals surface area contributed by atoms with Crippen molar-refractivity contribution < 1.29 is 0 Å². The van der Waals surface area contributed by atoms with Gasteiger partial charge in [-0.25, -0.2) is 4.98 Å². The molecule has 1 aromatic heterocycles. The molecule has 1 saturated heterocycles. The minimum atomic E-state index is 0.604. The van der Waals surface area contributed by atoms with Crippen LogP contribution < -0.4 is 5.32 Å². The summed E-state index contributed by atoms with van der Waals surface area (Å²) in [4.78, 5) is 4.30. The molecule has 0 aromatic carbocycles. The van der Waals surface area contributed by atoms with E-state index in [0.717, 1.165) is 10.5 Å². The Hall–Kier alpha value is -0.670. The third-order valence-corrected chi connectivity index (χ3v) is 4.14. The number of aromatic nitrogens is 1. The highest BCUT2D eigenvalue weighted by Crippen LogP contribution is 2.34. The lowest BCUT2D eigenvalue weighted by Crippen LogP contribution is -2.27. The van der Waals surface area contributed by atoms with Gasteiger partial charge in [0, 0.05) is 12.2 Å². The molecule has 1 fully saturated rings. The average Bonchev–Trinajstić information content (AvgIpc) is 2.77. The van der Waals surface area contributed by atoms with Crippen molar-refractivity contribution in [3.63, 3.8) is 0 Å². The highest BCUT2D eigenvalue weighted by molar-refractivity contribution is 9.10. The Morgan fingerprint density at radius 1 is 1.31 bits per heavy atom. The van der Waals surface area contributed by atoms with E-state index in [9.17, 15) is 0 Å². The molecule has 0 bridgehead atoms. The SMILES string of the molecule is Brc1ccc(C2=C[C@H]3NCC[C@H]3CC2)cn1. The van der Waals surface area contributed by atoms with Crippen molar-refractivity contribution in [3.8, 4) is 0 Å². The van der Waals surface area contributed by atoms with Crippen molar-refractivity contribution in [1.82, 2.24) is 10.3 Å². The Morgan fingerprint density at radius 2 is 2.25 bits per heavy atom. The second-order valence-electron chi connectivity index (χ2n) is 4.63. The summed E-state index contributed by atoms with van der Waals surface area (Å²) in [5, 5.41) is 3.56. The number of fused-ring (bicyclic) bond motifs is 1. The van der Waals surface area contributed by atoms with Gasteiger partial charge in [0.15, 0.2) is 0 Å². The molecule has 2 heterocycles. The van der Waals surface area contributed by atoms with E-state index in [1.807, 2.05) is 12.3 Å². The number of halogens is 1. The Kier molecular flexibility index (Phi) is 2.82. The van der Waals surface area contributed by atoms with Crippen LogP contribution in [0.1, 0.15) is 24.8 Å². The van der Waals surface area contributed by atoms with Gasteiger partial charge < -0.3 is 5.32 Å². The van der Waals surface area contributed by atoms with Crippen LogP contribution in [0.25, 0.3) is 5.57 Å². The maximum atomic E-state index is 4.30. The number of allylic oxidation sites excluding steroid dienone is 1. The van der Waals surface area contributed by atoms with Crippen LogP contribution in [0, 0.1) is 5.92 Å². The van der Waals surface area contributed by atoms with Crippen molar-refractivity contribution in [2.75, 3.05) is 6.54 Å². The van der Waals surface area contributed by atoms with Gasteiger partial charge in [-0.1, -0.05) is 12.1 Å². The lowest BCUT2D eigenvalue weighted by Gasteiger charge is -2.24. The maximum Gasteiger partial charge on any atom is 0.106 e. The second kappa shape index (κ2) is 4.30. The molecule has 0 spiro atoms. The van der Waals surface area contributed by atoms with E-state index in [-0.39, 0.29) is 0 Å². The first kappa shape index (κ1) is 10.5. The van der Waals surface area contributed by atoms with Crippen molar-refractivity contribution in [1.29, 1.82) is 0 Å². The normalized spacial score (nSPS) is 28.7. The van der Waals surface area contributed by atoms with Gasteiger partial charge in [-0.2, -0.15) is 0 Å². The highest BCUT2D eigenvalue weighted by atomic mass is 79.9. The Balaban J connectivity index is 1.87. The number of pyridine rings is 1. The van der Waals surface area contributed by atoms with Gasteiger partial charge in [0.2, 0.25) is 0 Å². The molecule has 0 radical (unpaired) electrons. The standard InChI is InChI=1S/C13H15BrN2/c14-13-4-3-11(8-16-13)10-2-1-9-5-6-15-12(9)7-10/h3-4,7-9,12,15H,1-2,5-6H2/t9-,12-/m1/s1. The molecule has 0 amide bonds. The van der Waals surface area contributed by atoms with Gasteiger partial charge in [0.05, 0.1) is 0 Å². The molecular formula is C13H15BrN2. The van der Waals surface area contributed by atoms with E-state index < -0.39 is 0 Å². The van der Waals surface area contributed by atoms with Crippen molar-refractivity contribution in [2.45, 2.75) is 25.3 Å². The molecule has 0 saturated carbocycles. The highest BCUT2D eigenvalue weighted by Gasteiger charge is 2.28. The maximum absolute atomic E-state index is 4.30. The molecule has 1 N–H and O–H groups in total. The summed E-state index contributed by atoms with van der Waals surface area (Å²) in [6.07, 6.45) is 8.23. The second-order valence-corrected chi connectivity index (χ2v) is 5.44. The van der Waals surface area contributed by atoms with Gasteiger partial charge in [-0.3, -0.25) is 0 Å². The molecule has 16 heavy (non-hydrogen) atoms. The molecule has 1 aliphatic carbocycles. The summed E-state index contributed by atoms with van der Waals surface area (Å²) in [5.41, 5.74) is 2.73. The minimum Gasteiger partial charge on any atom is -0.310 e. The average molecular weight is 279 g/mol. The third-order valence-electron chi connectivity index (χ3n) is 3.67. The molecule has 1 aliphatic heterocycles. The van der Waals surface area contributed by atoms with Crippen molar-refractivity contribution >= 4 is 21.5 Å². The Bertz CT molecular complexity index is 410. The van der Waals surface area contributed by atoms with Crippen LogP contribution in [-0.4, -0.2) is 17.6 Å². The quantitative estimate of drug-likeness (QED) is 0.799. The predicted octanol–water partition coefficient (Wildman–Crippen LogP) is 3.00. The smallest absolute Gasteiger partial charge is 0.106 e. The summed E-state index contributed by atoms with van der Waals surface area (Å²) in [6.45, 7) is 1.18. The number of hydrogen-bond donors (Lipinski definition) is 1. The minimum absolute atomic E-state index is 0.604. The van der Waals surface area contributed by atoms with Crippen LogP contribution >= 0.6 is 15.9 Å². The molecule has 1 aromatic rings. The summed E-state index contributed by atoms with van der Waals surface area (Å²) in [6, 6.07) is 4.77. The first-order chi connectivity index (χ1) is 7.83. The molecule has 2 nitrogen and oxygen atoms in total. The van der Waals surface area contributed by atoms with Crippen molar-refractivity contribution in [3.05, 3.63) is 34.6 Å². The Morgan fingerprint density at radius 3 is 3.06 bits per heavy atom. The van der Waals surface area contributed by atoms with E-state index >= 15 is 0 Å². The van der Waals surface area contributed by atoms with Gasteiger partial charge in [-0.15, -0.1) is 0 Å². The topological polar surface area (TPSA) is 24.9 Å². The zero-order chi connectivity index (χ0) is 11.0. The molecular weight excluding hydrogens is 264 g/mol. The lowest BCUT2D eigenvalue weighted by atomic mass is 9.84. The molecule has 3 rings (SSSR count). The van der Waals surface area contributed by atoms with Crippen LogP contribution in [0.2, 0.25) is 0 Å². The number of hydrogen-bond acceptors (Lipinski definition) is 2. The third kappa shape index (κ3) is 1.94. The van der Waals surface area contributed by atoms with Crippen LogP contribution in [0.15, 0.2) is 29.0 Å². The van der Waals surface area contributed by atoms with Crippen molar-refractivity contribution in [2.24, 2.45) is 5.92 Å². The van der Waals surface area contributed by atoms with Gasteiger partial charge in [0.25, 0.3) is 0 Å². The summed E-state index contributed by atoms with van der Waals surface area (Å²) < 4.78 is 0.907. The summed E-state index contributed by atoms with van der Waals surface area (Å²) in [7, 11) is 0. The van der Waals surface area contributed by atoms with Gasteiger partial charge in [0.1, 0.15) is 4.60 Å². The zero-order valence-corrected chi connectivity index (χ0v) is 10.7. The first-order valence-corrected chi connectivity index (χ1v) is 6.68. The molecule has 3 heteroatoms. The molecule has 2 aliphatic rings. The monoisotopic (exact) mass is 278 g/mol. The van der Waals surface area contributed by atoms with Crippen LogP contribution in [-0.2, 0) is 0 Å². The van der Waals surface area contributed by atoms with Crippen LogP contribution in [0.5, 0.6) is 0 Å². The fraction of sp³-hybridized carbons (Fsp3) is 0.462. The molecule has 2 atom stereocenters. The lowest BCUT2D eigenvalue weighted by molar-refractivity contribution is 0.465. The fourth-order valence-electron chi connectivity index (χ4n) is 2.75. The molecule has 84 valence electrons. The van der Waals surface area contributed by atoms with E-state index in [1.165, 1.54) is 36.9 Å². The van der Waals surface area contributed by atoms with E-state index in [2.05, 4.69) is 38.4 Å².